The maximum absolute atomic E-state index is 14.3. The van der Waals surface area contributed by atoms with E-state index in [1.54, 1.807) is 6.92 Å². The number of aryl methyl sites for hydroxylation is 1. The number of rotatable bonds is 35. The largest absolute Gasteiger partial charge is 0.448 e. The molecule has 10 amide bonds. The second kappa shape index (κ2) is 32.2. The van der Waals surface area contributed by atoms with E-state index in [9.17, 15) is 47.9 Å². The molecule has 1 saturated heterocycles. The molecule has 1 saturated carbocycles. The van der Waals surface area contributed by atoms with Gasteiger partial charge in [-0.3, -0.25) is 47.9 Å². The number of likely N-dealkylation sites (N-methyl/N-ethyl adjacent to an activating group) is 1. The molecule has 83 heavy (non-hydrogen) atoms. The van der Waals surface area contributed by atoms with Crippen molar-refractivity contribution in [3.05, 3.63) is 17.8 Å². The summed E-state index contributed by atoms with van der Waals surface area (Å²) in [5.74, 6) is -5.70. The van der Waals surface area contributed by atoms with Crippen LogP contribution < -0.4 is 47.9 Å². The molecular formula is C60H104N12O11. The molecular weight excluding hydrogens is 1060 g/mol. The highest BCUT2D eigenvalue weighted by Gasteiger charge is 2.43. The van der Waals surface area contributed by atoms with E-state index in [4.69, 9.17) is 4.42 Å². The second-order valence-electron chi connectivity index (χ2n) is 26.3. The number of carbonyl (C=O) groups excluding carboxylic acids is 10. The molecule has 23 heteroatoms. The molecule has 5 atom stereocenters. The highest BCUT2D eigenvalue weighted by molar-refractivity contribution is 6.00. The summed E-state index contributed by atoms with van der Waals surface area (Å²) in [4.78, 5) is 146. The lowest BCUT2D eigenvalue weighted by molar-refractivity contribution is -0.139. The van der Waals surface area contributed by atoms with E-state index >= 15 is 0 Å². The normalized spacial score (nSPS) is 16.7. The van der Waals surface area contributed by atoms with E-state index in [-0.39, 0.29) is 73.5 Å². The molecule has 2 heterocycles. The minimum atomic E-state index is -1.64. The van der Waals surface area contributed by atoms with Gasteiger partial charge in [-0.15, -0.1) is 0 Å². The highest BCUT2D eigenvalue weighted by atomic mass is 16.3. The fourth-order valence-corrected chi connectivity index (χ4v) is 10.3. The topological polar surface area (TPSA) is 311 Å². The first-order valence-corrected chi connectivity index (χ1v) is 30.3. The average molecular weight is 1170 g/mol. The lowest BCUT2D eigenvalue weighted by Gasteiger charge is -2.44. The summed E-state index contributed by atoms with van der Waals surface area (Å²) >= 11 is 0. The zero-order valence-electron chi connectivity index (χ0n) is 53.0. The average Bonchev–Trinajstić information content (AvgIpc) is 4.21. The third-order valence-corrected chi connectivity index (χ3v) is 15.1. The summed E-state index contributed by atoms with van der Waals surface area (Å²) in [6, 6.07) is -5.37. The molecule has 0 radical (unpaired) electrons. The Hall–Kier alpha value is -6.13. The molecule has 2 fully saturated rings. The molecule has 1 aliphatic carbocycles. The zero-order valence-corrected chi connectivity index (χ0v) is 53.0. The van der Waals surface area contributed by atoms with Gasteiger partial charge in [-0.1, -0.05) is 87.0 Å². The summed E-state index contributed by atoms with van der Waals surface area (Å²) in [5.41, 5.74) is -4.86. The molecule has 1 aromatic heterocycles. The van der Waals surface area contributed by atoms with Gasteiger partial charge in [0, 0.05) is 33.0 Å². The Morgan fingerprint density at radius 3 is 1.65 bits per heavy atom. The van der Waals surface area contributed by atoms with E-state index in [2.05, 4.69) is 59.8 Å². The van der Waals surface area contributed by atoms with Crippen molar-refractivity contribution in [3.63, 3.8) is 0 Å². The molecule has 0 bridgehead atoms. The predicted octanol–water partition coefficient (Wildman–Crippen LogP) is 4.21. The molecule has 1 aliphatic heterocycles. The Morgan fingerprint density at radius 2 is 1.16 bits per heavy atom. The third kappa shape index (κ3) is 23.1. The SMILES string of the molecule is CCCCCCCCC(NC(=O)[C@@H]1CCCN1C(=O)c1coc(C)n1)C(=O)NC(CC(C)C)C(=O)NC(C)(C)C(=O)NC(CC(C)C)C(=O)NC(CC(C)C)C(=O)NC(C)(C)C(=O)NC(C)(C)C(=O)NCCC(=O)NC1(CN(C)C)CCC1. The summed E-state index contributed by atoms with van der Waals surface area (Å²) in [5, 5.41) is 25.4. The number of hydrogen-bond acceptors (Lipinski definition) is 13. The number of carbonyl (C=O) groups is 10. The van der Waals surface area contributed by atoms with Crippen LogP contribution in [0.1, 0.15) is 209 Å². The number of nitrogens with one attached hydrogen (secondary N) is 9. The smallest absolute Gasteiger partial charge is 0.276 e. The van der Waals surface area contributed by atoms with Crippen LogP contribution in [0.2, 0.25) is 0 Å². The second-order valence-corrected chi connectivity index (χ2v) is 26.3. The van der Waals surface area contributed by atoms with Crippen molar-refractivity contribution in [1.29, 1.82) is 0 Å². The van der Waals surface area contributed by atoms with Crippen LogP contribution >= 0.6 is 0 Å². The van der Waals surface area contributed by atoms with Gasteiger partial charge < -0.3 is 62.1 Å². The summed E-state index contributed by atoms with van der Waals surface area (Å²) < 4.78 is 5.25. The highest BCUT2D eigenvalue weighted by Crippen LogP contribution is 2.32. The number of amides is 10. The number of likely N-dealkylation sites (tertiary alicyclic amines) is 1. The van der Waals surface area contributed by atoms with E-state index in [0.717, 1.165) is 57.9 Å². The van der Waals surface area contributed by atoms with Gasteiger partial charge in [-0.2, -0.15) is 0 Å². The minimum Gasteiger partial charge on any atom is -0.448 e. The van der Waals surface area contributed by atoms with Crippen molar-refractivity contribution in [1.82, 2.24) is 62.6 Å². The third-order valence-electron chi connectivity index (χ3n) is 15.1. The number of nitrogens with zero attached hydrogens (tertiary/aromatic N) is 3. The lowest BCUT2D eigenvalue weighted by Crippen LogP contribution is -2.65. The van der Waals surface area contributed by atoms with Crippen LogP contribution in [0.4, 0.5) is 0 Å². The molecule has 9 N–H and O–H groups in total. The zero-order chi connectivity index (χ0) is 62.6. The van der Waals surface area contributed by atoms with Gasteiger partial charge in [-0.05, 0) is 131 Å². The molecule has 4 unspecified atom stereocenters. The number of oxazole rings is 1. The minimum absolute atomic E-state index is 0.0465. The molecule has 23 nitrogen and oxygen atoms in total. The molecule has 0 aromatic carbocycles. The Kier molecular flexibility index (Phi) is 27.6. The van der Waals surface area contributed by atoms with E-state index in [1.165, 1.54) is 52.7 Å². The van der Waals surface area contributed by atoms with Crippen molar-refractivity contribution in [2.24, 2.45) is 17.8 Å². The van der Waals surface area contributed by atoms with Gasteiger partial charge >= 0.3 is 0 Å². The van der Waals surface area contributed by atoms with Gasteiger partial charge in [0.25, 0.3) is 5.91 Å². The maximum Gasteiger partial charge on any atom is 0.276 e. The van der Waals surface area contributed by atoms with Gasteiger partial charge in [0.15, 0.2) is 11.6 Å². The Labute approximate surface area is 493 Å². The predicted molar refractivity (Wildman–Crippen MR) is 317 cm³/mol. The Morgan fingerprint density at radius 1 is 0.651 bits per heavy atom. The molecule has 3 rings (SSSR count). The summed E-state index contributed by atoms with van der Waals surface area (Å²) in [6.07, 6.45) is 11.4. The van der Waals surface area contributed by atoms with Crippen molar-refractivity contribution in [3.8, 4) is 0 Å². The molecule has 1 aromatic rings. The van der Waals surface area contributed by atoms with Crippen LogP contribution in [0.15, 0.2) is 10.7 Å². The van der Waals surface area contributed by atoms with E-state index in [1.807, 2.05) is 60.5 Å². The number of hydrogen-bond donors (Lipinski definition) is 9. The number of aromatic nitrogens is 1. The first-order chi connectivity index (χ1) is 38.6. The molecule has 470 valence electrons. The Balaban J connectivity index is 1.71. The van der Waals surface area contributed by atoms with Gasteiger partial charge in [0.2, 0.25) is 53.2 Å². The van der Waals surface area contributed by atoms with Crippen LogP contribution in [0.5, 0.6) is 0 Å². The van der Waals surface area contributed by atoms with Crippen molar-refractivity contribution in [2.45, 2.75) is 252 Å². The van der Waals surface area contributed by atoms with E-state index < -0.39 is 100.0 Å². The van der Waals surface area contributed by atoms with Crippen LogP contribution in [0.3, 0.4) is 0 Å². The van der Waals surface area contributed by atoms with Crippen LogP contribution in [-0.2, 0) is 43.2 Å². The first-order valence-electron chi connectivity index (χ1n) is 30.3. The Bertz CT molecular complexity index is 2380. The van der Waals surface area contributed by atoms with Crippen molar-refractivity contribution >= 4 is 59.1 Å². The standard InChI is InChI=1S/C60H104N12O11/c1-17-18-19-20-21-22-25-41(63-52(78)46-26-23-31-72(46)53(79)45-35-83-40(8)62-45)48(74)64-43(33-38(4)5)50(76)68-58(11,12)55(81)66-42(32-37(2)3)49(75)65-44(34-39(6)7)51(77)69-59(13,14)56(82)70-57(9,10)54(80)61-30-27-47(73)67-60(28-24-29-60)36-71(15)16/h35,37-39,41-44,46H,17-34,36H2,1-16H3,(H,61,80)(H,63,78)(H,64,74)(H,65,75)(H,66,81)(H,67,73)(H,68,76)(H,69,77)(H,70,82)/t41?,42?,43?,44?,46-/m0/s1. The fraction of sp³-hybridized carbons (Fsp3) is 0.783. The molecule has 0 spiro atoms. The fourth-order valence-electron chi connectivity index (χ4n) is 10.3. The van der Waals surface area contributed by atoms with Crippen LogP contribution in [-0.4, -0.2) is 160 Å². The maximum atomic E-state index is 14.3. The van der Waals surface area contributed by atoms with Gasteiger partial charge in [0.1, 0.15) is 53.1 Å². The van der Waals surface area contributed by atoms with Gasteiger partial charge in [-0.25, -0.2) is 4.98 Å². The number of unbranched alkanes of at least 4 members (excludes halogenated alkanes) is 5. The monoisotopic (exact) mass is 1170 g/mol. The van der Waals surface area contributed by atoms with Crippen molar-refractivity contribution < 1.29 is 52.4 Å². The van der Waals surface area contributed by atoms with Crippen LogP contribution in [0, 0.1) is 24.7 Å². The molecule has 2 aliphatic rings. The first kappa shape index (κ1) is 71.1. The van der Waals surface area contributed by atoms with Crippen LogP contribution in [0.25, 0.3) is 0 Å². The quantitative estimate of drug-likeness (QED) is 0.0431. The lowest BCUT2D eigenvalue weighted by atomic mass is 9.76. The van der Waals surface area contributed by atoms with E-state index in [0.29, 0.717) is 31.7 Å². The summed E-state index contributed by atoms with van der Waals surface area (Å²) in [7, 11) is 3.91. The van der Waals surface area contributed by atoms with Gasteiger partial charge in [0.05, 0.1) is 5.54 Å². The summed E-state index contributed by atoms with van der Waals surface area (Å²) in [6.45, 7) is 24.9. The van der Waals surface area contributed by atoms with Crippen molar-refractivity contribution in [2.75, 3.05) is 33.7 Å².